The Kier molecular flexibility index (Phi) is 4.65. The lowest BCUT2D eigenvalue weighted by Crippen LogP contribution is -2.18. The lowest BCUT2D eigenvalue weighted by molar-refractivity contribution is 0.242. The number of fused-ring (bicyclic) bond motifs is 1. The molecule has 1 aromatic heterocycles. The van der Waals surface area contributed by atoms with Crippen LogP contribution >= 0.6 is 0 Å². The first-order valence-electron chi connectivity index (χ1n) is 8.16. The smallest absolute Gasteiger partial charge is 0.296 e. The van der Waals surface area contributed by atoms with Gasteiger partial charge in [0.05, 0.1) is 11.6 Å². The van der Waals surface area contributed by atoms with Crippen LogP contribution in [0.1, 0.15) is 19.4 Å². The maximum atomic E-state index is 12.3. The van der Waals surface area contributed by atoms with Crippen LogP contribution in [0.25, 0.3) is 10.9 Å². The molecule has 1 heterocycles. The van der Waals surface area contributed by atoms with Crippen LogP contribution in [0.15, 0.2) is 53.3 Å². The Bertz CT molecular complexity index is 945. The zero-order chi connectivity index (χ0) is 18.0. The third-order valence-electron chi connectivity index (χ3n) is 3.90. The van der Waals surface area contributed by atoms with Crippen molar-refractivity contribution in [1.82, 2.24) is 4.57 Å². The van der Waals surface area contributed by atoms with Gasteiger partial charge in [-0.3, -0.25) is 4.79 Å². The lowest BCUT2D eigenvalue weighted by Gasteiger charge is -2.16. The first-order chi connectivity index (χ1) is 12.0. The van der Waals surface area contributed by atoms with E-state index >= 15 is 0 Å². The van der Waals surface area contributed by atoms with Gasteiger partial charge in [0.2, 0.25) is 5.75 Å². The second-order valence-electron chi connectivity index (χ2n) is 6.16. The summed E-state index contributed by atoms with van der Waals surface area (Å²) in [6.45, 7) is 4.14. The zero-order valence-corrected chi connectivity index (χ0v) is 14.5. The average molecular weight is 339 g/mol. The van der Waals surface area contributed by atoms with Gasteiger partial charge in [-0.2, -0.15) is 0 Å². The molecule has 3 rings (SSSR count). The number of aryl methyl sites for hydroxylation is 1. The van der Waals surface area contributed by atoms with Crippen LogP contribution in [-0.2, 0) is 13.7 Å². The summed E-state index contributed by atoms with van der Waals surface area (Å²) in [6.07, 6.45) is 0.0281. The molecular formula is C20H21NO4. The quantitative estimate of drug-likeness (QED) is 0.771. The fraction of sp³-hybridized carbons (Fsp3) is 0.250. The predicted octanol–water partition coefficient (Wildman–Crippen LogP) is 3.61. The van der Waals surface area contributed by atoms with Crippen molar-refractivity contribution in [1.29, 1.82) is 0 Å². The average Bonchev–Trinajstić information content (AvgIpc) is 2.60. The van der Waals surface area contributed by atoms with Crippen LogP contribution in [-0.4, -0.2) is 15.8 Å². The van der Waals surface area contributed by atoms with Gasteiger partial charge in [-0.1, -0.05) is 30.3 Å². The fourth-order valence-corrected chi connectivity index (χ4v) is 2.70. The van der Waals surface area contributed by atoms with Gasteiger partial charge in [0, 0.05) is 18.5 Å². The van der Waals surface area contributed by atoms with Crippen LogP contribution < -0.4 is 15.0 Å². The summed E-state index contributed by atoms with van der Waals surface area (Å²) < 4.78 is 12.9. The van der Waals surface area contributed by atoms with Crippen molar-refractivity contribution >= 4 is 10.9 Å². The summed E-state index contributed by atoms with van der Waals surface area (Å²) in [5.41, 5.74) is 1.09. The molecule has 0 saturated carbocycles. The minimum absolute atomic E-state index is 0.0281. The summed E-state index contributed by atoms with van der Waals surface area (Å²) >= 11 is 0. The normalized spacial score (nSPS) is 11.0. The van der Waals surface area contributed by atoms with E-state index in [1.54, 1.807) is 19.2 Å². The van der Waals surface area contributed by atoms with Crippen molar-refractivity contribution in [2.24, 2.45) is 7.05 Å². The van der Waals surface area contributed by atoms with E-state index in [-0.39, 0.29) is 24.2 Å². The van der Waals surface area contributed by atoms with E-state index in [2.05, 4.69) is 0 Å². The topological polar surface area (TPSA) is 60.7 Å². The molecule has 0 unspecified atom stereocenters. The molecule has 0 fully saturated rings. The largest absolute Gasteiger partial charge is 0.500 e. The number of benzene rings is 2. The van der Waals surface area contributed by atoms with Gasteiger partial charge in [-0.15, -0.1) is 0 Å². The Balaban J connectivity index is 2.06. The lowest BCUT2D eigenvalue weighted by atomic mass is 10.1. The highest BCUT2D eigenvalue weighted by molar-refractivity contribution is 5.88. The first-order valence-corrected chi connectivity index (χ1v) is 8.16. The number of hydrogen-bond acceptors (Lipinski definition) is 4. The van der Waals surface area contributed by atoms with Crippen LogP contribution in [0.3, 0.4) is 0 Å². The standard InChI is InChI=1S/C20H21NO4/c1-13(2)25-15-9-10-16-17(11-15)21(3)20(23)18(22)19(16)24-12-14-7-5-4-6-8-14/h4-11,13,22H,12H2,1-3H3. The molecule has 0 aliphatic rings. The molecule has 25 heavy (non-hydrogen) atoms. The third-order valence-corrected chi connectivity index (χ3v) is 3.90. The van der Waals surface area contributed by atoms with E-state index < -0.39 is 5.56 Å². The van der Waals surface area contributed by atoms with Crippen molar-refractivity contribution in [3.05, 3.63) is 64.4 Å². The maximum Gasteiger partial charge on any atom is 0.296 e. The van der Waals surface area contributed by atoms with E-state index in [9.17, 15) is 9.90 Å². The summed E-state index contributed by atoms with van der Waals surface area (Å²) in [6, 6.07) is 15.0. The van der Waals surface area contributed by atoms with E-state index in [0.717, 1.165) is 5.56 Å². The molecule has 5 nitrogen and oxygen atoms in total. The van der Waals surface area contributed by atoms with Crippen molar-refractivity contribution in [3.8, 4) is 17.2 Å². The number of nitrogens with zero attached hydrogens (tertiary/aromatic N) is 1. The van der Waals surface area contributed by atoms with Gasteiger partial charge in [0.1, 0.15) is 12.4 Å². The molecule has 0 bridgehead atoms. The van der Waals surface area contributed by atoms with E-state index in [1.165, 1.54) is 4.57 Å². The highest BCUT2D eigenvalue weighted by Gasteiger charge is 2.17. The molecule has 1 N–H and O–H groups in total. The van der Waals surface area contributed by atoms with Crippen LogP contribution in [0.5, 0.6) is 17.2 Å². The van der Waals surface area contributed by atoms with E-state index in [0.29, 0.717) is 16.7 Å². The summed E-state index contributed by atoms with van der Waals surface area (Å²) in [5, 5.41) is 10.9. The van der Waals surface area contributed by atoms with Crippen LogP contribution in [0.4, 0.5) is 0 Å². The number of aromatic hydroxyl groups is 1. The van der Waals surface area contributed by atoms with Gasteiger partial charge in [0.25, 0.3) is 5.56 Å². The number of pyridine rings is 1. The van der Waals surface area contributed by atoms with Crippen LogP contribution in [0.2, 0.25) is 0 Å². The summed E-state index contributed by atoms with van der Waals surface area (Å²) in [5.74, 6) is 0.471. The van der Waals surface area contributed by atoms with Gasteiger partial charge >= 0.3 is 0 Å². The number of rotatable bonds is 5. The van der Waals surface area contributed by atoms with Crippen LogP contribution in [0, 0.1) is 0 Å². The van der Waals surface area contributed by atoms with Gasteiger partial charge in [-0.05, 0) is 31.5 Å². The van der Waals surface area contributed by atoms with E-state index in [1.807, 2.05) is 50.2 Å². The molecule has 130 valence electrons. The van der Waals surface area contributed by atoms with Crippen molar-refractivity contribution < 1.29 is 14.6 Å². The zero-order valence-electron chi connectivity index (χ0n) is 14.5. The number of ether oxygens (including phenoxy) is 2. The molecule has 0 amide bonds. The highest BCUT2D eigenvalue weighted by atomic mass is 16.5. The Morgan fingerprint density at radius 1 is 1.12 bits per heavy atom. The van der Waals surface area contributed by atoms with Gasteiger partial charge in [-0.25, -0.2) is 0 Å². The molecular weight excluding hydrogens is 318 g/mol. The molecule has 0 aliphatic carbocycles. The number of hydrogen-bond donors (Lipinski definition) is 1. The SMILES string of the molecule is CC(C)Oc1ccc2c(OCc3ccccc3)c(O)c(=O)n(C)c2c1. The Morgan fingerprint density at radius 3 is 2.52 bits per heavy atom. The highest BCUT2D eigenvalue weighted by Crippen LogP contribution is 2.34. The minimum atomic E-state index is -0.503. The third kappa shape index (κ3) is 3.45. The van der Waals surface area contributed by atoms with E-state index in [4.69, 9.17) is 9.47 Å². The fourth-order valence-electron chi connectivity index (χ4n) is 2.70. The molecule has 0 saturated heterocycles. The molecule has 0 atom stereocenters. The van der Waals surface area contributed by atoms with Crippen molar-refractivity contribution in [2.75, 3.05) is 0 Å². The molecule has 0 radical (unpaired) electrons. The molecule has 5 heteroatoms. The second kappa shape index (κ2) is 6.89. The van der Waals surface area contributed by atoms with Crippen molar-refractivity contribution in [3.63, 3.8) is 0 Å². The molecule has 3 aromatic rings. The monoisotopic (exact) mass is 339 g/mol. The summed E-state index contributed by atoms with van der Waals surface area (Å²) in [4.78, 5) is 12.3. The molecule has 0 spiro atoms. The predicted molar refractivity (Wildman–Crippen MR) is 97.4 cm³/mol. The Morgan fingerprint density at radius 2 is 1.84 bits per heavy atom. The van der Waals surface area contributed by atoms with Gasteiger partial charge < -0.3 is 19.1 Å². The minimum Gasteiger partial charge on any atom is -0.500 e. The molecule has 0 aliphatic heterocycles. The second-order valence-corrected chi connectivity index (χ2v) is 6.16. The summed E-state index contributed by atoms with van der Waals surface area (Å²) in [7, 11) is 1.62. The van der Waals surface area contributed by atoms with Gasteiger partial charge in [0.15, 0.2) is 5.75 Å². The maximum absolute atomic E-state index is 12.3. The number of aromatic nitrogens is 1. The van der Waals surface area contributed by atoms with Crippen molar-refractivity contribution in [2.45, 2.75) is 26.6 Å². The molecule has 2 aromatic carbocycles. The first kappa shape index (κ1) is 16.9. The Hall–Kier alpha value is -2.95. The Labute approximate surface area is 146 Å².